The second kappa shape index (κ2) is 7.61. The van der Waals surface area contributed by atoms with Crippen molar-refractivity contribution < 1.29 is 9.18 Å². The highest BCUT2D eigenvalue weighted by molar-refractivity contribution is 5.81. The van der Waals surface area contributed by atoms with Crippen molar-refractivity contribution in [3.05, 3.63) is 35.1 Å². The fraction of sp³-hybridized carbons (Fsp3) is 0.467. The van der Waals surface area contributed by atoms with Crippen LogP contribution in [-0.4, -0.2) is 29.9 Å². The molecule has 1 aromatic rings. The van der Waals surface area contributed by atoms with Gasteiger partial charge in [-0.15, -0.1) is 0 Å². The first-order valence-electron chi connectivity index (χ1n) is 6.74. The molecule has 108 valence electrons. The molecule has 1 aromatic carbocycles. The summed E-state index contributed by atoms with van der Waals surface area (Å²) >= 11 is 0. The number of nitrogens with one attached hydrogen (secondary N) is 1. The predicted octanol–water partition coefficient (Wildman–Crippen LogP) is 2.04. The van der Waals surface area contributed by atoms with Crippen molar-refractivity contribution >= 4 is 5.91 Å². The Morgan fingerprint density at radius 3 is 2.65 bits per heavy atom. The smallest absolute Gasteiger partial charge is 0.239 e. The van der Waals surface area contributed by atoms with Crippen LogP contribution >= 0.6 is 0 Å². The molecule has 1 rings (SSSR count). The number of nitriles is 1. The Bertz CT molecular complexity index is 506. The van der Waals surface area contributed by atoms with Crippen LogP contribution in [0.3, 0.4) is 0 Å². The molecule has 0 aromatic heterocycles. The molecule has 0 heterocycles. The van der Waals surface area contributed by atoms with Gasteiger partial charge in [0.25, 0.3) is 0 Å². The fourth-order valence-electron chi connectivity index (χ4n) is 1.98. The number of likely N-dealkylation sites (N-methyl/N-ethyl adjacent to an activating group) is 1. The lowest BCUT2D eigenvalue weighted by Gasteiger charge is -2.23. The summed E-state index contributed by atoms with van der Waals surface area (Å²) in [5.74, 6) is -0.381. The van der Waals surface area contributed by atoms with Crippen molar-refractivity contribution in [1.29, 1.82) is 5.26 Å². The maximum absolute atomic E-state index is 13.2. The zero-order valence-electron chi connectivity index (χ0n) is 12.1. The van der Waals surface area contributed by atoms with E-state index in [2.05, 4.69) is 5.32 Å². The normalized spacial score (nSPS) is 11.8. The highest BCUT2D eigenvalue weighted by Crippen LogP contribution is 2.10. The van der Waals surface area contributed by atoms with E-state index in [1.807, 2.05) is 19.9 Å². The number of amides is 1. The Morgan fingerprint density at radius 2 is 2.10 bits per heavy atom. The quantitative estimate of drug-likeness (QED) is 0.865. The molecular formula is C15H20FN3O. The number of hydrogen-bond donors (Lipinski definition) is 1. The third kappa shape index (κ3) is 4.04. The number of hydrogen-bond acceptors (Lipinski definition) is 3. The minimum absolute atomic E-state index is 0.00455. The van der Waals surface area contributed by atoms with Crippen LogP contribution in [0.1, 0.15) is 31.9 Å². The molecular weight excluding hydrogens is 257 g/mol. The Balaban J connectivity index is 2.70. The van der Waals surface area contributed by atoms with Crippen molar-refractivity contribution in [3.8, 4) is 6.07 Å². The molecule has 1 amide bonds. The summed E-state index contributed by atoms with van der Waals surface area (Å²) in [5, 5.41) is 12.0. The molecule has 0 bridgehead atoms. The SMILES string of the molecule is CCN(CC)C(=O)C(C)NCc1cc(F)ccc1C#N. The summed E-state index contributed by atoms with van der Waals surface area (Å²) < 4.78 is 13.2. The molecule has 1 atom stereocenters. The molecule has 0 fully saturated rings. The topological polar surface area (TPSA) is 56.1 Å². The number of rotatable bonds is 6. The molecule has 0 aliphatic rings. The molecule has 4 nitrogen and oxygen atoms in total. The van der Waals surface area contributed by atoms with Gasteiger partial charge in [0.1, 0.15) is 5.82 Å². The molecule has 0 saturated heterocycles. The van der Waals surface area contributed by atoms with Gasteiger partial charge in [-0.25, -0.2) is 4.39 Å². The van der Waals surface area contributed by atoms with Crippen molar-refractivity contribution in [2.45, 2.75) is 33.4 Å². The average molecular weight is 277 g/mol. The monoisotopic (exact) mass is 277 g/mol. The third-order valence-corrected chi connectivity index (χ3v) is 3.23. The largest absolute Gasteiger partial charge is 0.342 e. The molecule has 0 saturated carbocycles. The minimum atomic E-state index is -0.386. The van der Waals surface area contributed by atoms with E-state index in [-0.39, 0.29) is 24.3 Å². The highest BCUT2D eigenvalue weighted by atomic mass is 19.1. The van der Waals surface area contributed by atoms with Gasteiger partial charge in [-0.05, 0) is 44.5 Å². The summed E-state index contributed by atoms with van der Waals surface area (Å²) in [7, 11) is 0. The van der Waals surface area contributed by atoms with Gasteiger partial charge in [-0.2, -0.15) is 5.26 Å². The third-order valence-electron chi connectivity index (χ3n) is 3.23. The van der Waals surface area contributed by atoms with Crippen LogP contribution in [0.25, 0.3) is 0 Å². The number of benzene rings is 1. The van der Waals surface area contributed by atoms with E-state index in [0.717, 1.165) is 0 Å². The van der Waals surface area contributed by atoms with Crippen molar-refractivity contribution in [3.63, 3.8) is 0 Å². The molecule has 1 N–H and O–H groups in total. The van der Waals surface area contributed by atoms with Crippen LogP contribution in [0.15, 0.2) is 18.2 Å². The van der Waals surface area contributed by atoms with Gasteiger partial charge in [0.2, 0.25) is 5.91 Å². The number of carbonyl (C=O) groups excluding carboxylic acids is 1. The highest BCUT2D eigenvalue weighted by Gasteiger charge is 2.17. The van der Waals surface area contributed by atoms with Gasteiger partial charge in [-0.3, -0.25) is 4.79 Å². The molecule has 0 spiro atoms. The van der Waals surface area contributed by atoms with Gasteiger partial charge >= 0.3 is 0 Å². The second-order valence-corrected chi connectivity index (χ2v) is 4.53. The molecule has 1 unspecified atom stereocenters. The summed E-state index contributed by atoms with van der Waals surface area (Å²) in [5.41, 5.74) is 0.980. The van der Waals surface area contributed by atoms with Crippen LogP contribution in [0.4, 0.5) is 4.39 Å². The lowest BCUT2D eigenvalue weighted by Crippen LogP contribution is -2.44. The Hall–Kier alpha value is -1.93. The van der Waals surface area contributed by atoms with Gasteiger partial charge in [0.15, 0.2) is 0 Å². The lowest BCUT2D eigenvalue weighted by atomic mass is 10.1. The number of nitrogens with zero attached hydrogens (tertiary/aromatic N) is 2. The van der Waals surface area contributed by atoms with E-state index in [1.54, 1.807) is 11.8 Å². The van der Waals surface area contributed by atoms with Crippen LogP contribution < -0.4 is 5.32 Å². The Labute approximate surface area is 119 Å². The zero-order valence-corrected chi connectivity index (χ0v) is 12.1. The van der Waals surface area contributed by atoms with E-state index < -0.39 is 0 Å². The Morgan fingerprint density at radius 1 is 1.45 bits per heavy atom. The second-order valence-electron chi connectivity index (χ2n) is 4.53. The summed E-state index contributed by atoms with van der Waals surface area (Å²) in [4.78, 5) is 13.8. The van der Waals surface area contributed by atoms with Gasteiger partial charge in [0.05, 0.1) is 17.7 Å². The van der Waals surface area contributed by atoms with Crippen LogP contribution in [0, 0.1) is 17.1 Å². The minimum Gasteiger partial charge on any atom is -0.342 e. The van der Waals surface area contributed by atoms with Crippen LogP contribution in [-0.2, 0) is 11.3 Å². The van der Waals surface area contributed by atoms with Gasteiger partial charge in [0, 0.05) is 19.6 Å². The standard InChI is InChI=1S/C15H20FN3O/c1-4-19(5-2)15(20)11(3)18-10-13-8-14(16)7-6-12(13)9-17/h6-8,11,18H,4-5,10H2,1-3H3. The first kappa shape index (κ1) is 16.1. The fourth-order valence-corrected chi connectivity index (χ4v) is 1.98. The van der Waals surface area contributed by atoms with E-state index in [0.29, 0.717) is 24.2 Å². The molecule has 5 heteroatoms. The molecule has 0 radical (unpaired) electrons. The first-order valence-corrected chi connectivity index (χ1v) is 6.74. The summed E-state index contributed by atoms with van der Waals surface area (Å²) in [6.07, 6.45) is 0. The first-order chi connectivity index (χ1) is 9.53. The maximum atomic E-state index is 13.2. The van der Waals surface area contributed by atoms with Crippen LogP contribution in [0.5, 0.6) is 0 Å². The maximum Gasteiger partial charge on any atom is 0.239 e. The van der Waals surface area contributed by atoms with E-state index in [4.69, 9.17) is 5.26 Å². The Kier molecular flexibility index (Phi) is 6.13. The lowest BCUT2D eigenvalue weighted by molar-refractivity contribution is -0.132. The summed E-state index contributed by atoms with van der Waals surface area (Å²) in [6.45, 7) is 7.22. The molecule has 0 aliphatic carbocycles. The zero-order chi connectivity index (χ0) is 15.1. The average Bonchev–Trinajstić information content (AvgIpc) is 2.46. The van der Waals surface area contributed by atoms with E-state index in [9.17, 15) is 9.18 Å². The van der Waals surface area contributed by atoms with Crippen molar-refractivity contribution in [2.75, 3.05) is 13.1 Å². The van der Waals surface area contributed by atoms with Gasteiger partial charge in [-0.1, -0.05) is 0 Å². The predicted molar refractivity (Wildman–Crippen MR) is 75.3 cm³/mol. The van der Waals surface area contributed by atoms with Crippen molar-refractivity contribution in [2.24, 2.45) is 0 Å². The van der Waals surface area contributed by atoms with E-state index >= 15 is 0 Å². The number of carbonyl (C=O) groups is 1. The van der Waals surface area contributed by atoms with Crippen LogP contribution in [0.2, 0.25) is 0 Å². The summed E-state index contributed by atoms with van der Waals surface area (Å²) in [6, 6.07) is 5.67. The van der Waals surface area contributed by atoms with Crippen molar-refractivity contribution in [1.82, 2.24) is 10.2 Å². The van der Waals surface area contributed by atoms with Gasteiger partial charge < -0.3 is 10.2 Å². The molecule has 20 heavy (non-hydrogen) atoms. The van der Waals surface area contributed by atoms with E-state index in [1.165, 1.54) is 18.2 Å². The molecule has 0 aliphatic heterocycles. The number of halogens is 1.